The molecule has 0 amide bonds. The molecular formula is C22H19F6NO2. The summed E-state index contributed by atoms with van der Waals surface area (Å²) >= 11 is 0. The third-order valence-electron chi connectivity index (χ3n) is 6.04. The number of alkyl halides is 6. The molecule has 2 aliphatic rings. The van der Waals surface area contributed by atoms with Crippen molar-refractivity contribution in [2.45, 2.75) is 55.7 Å². The van der Waals surface area contributed by atoms with Crippen molar-refractivity contribution in [3.05, 3.63) is 70.8 Å². The number of rotatable bonds is 3. The first-order valence-corrected chi connectivity index (χ1v) is 9.83. The van der Waals surface area contributed by atoms with Gasteiger partial charge in [0.25, 0.3) is 0 Å². The van der Waals surface area contributed by atoms with Crippen LogP contribution in [0.4, 0.5) is 26.3 Å². The van der Waals surface area contributed by atoms with Crippen LogP contribution in [0.5, 0.6) is 0 Å². The van der Waals surface area contributed by atoms with Crippen molar-refractivity contribution in [3.8, 4) is 0 Å². The van der Waals surface area contributed by atoms with E-state index in [2.05, 4.69) is 5.32 Å². The molecule has 0 saturated carbocycles. The van der Waals surface area contributed by atoms with Crippen LogP contribution in [0.3, 0.4) is 0 Å². The zero-order valence-corrected chi connectivity index (χ0v) is 16.2. The molecule has 0 aromatic heterocycles. The second kappa shape index (κ2) is 7.55. The summed E-state index contributed by atoms with van der Waals surface area (Å²) in [6.45, 7) is 0. The van der Waals surface area contributed by atoms with E-state index < -0.39 is 46.7 Å². The van der Waals surface area contributed by atoms with Gasteiger partial charge in [-0.15, -0.1) is 0 Å². The number of nitrogens with one attached hydrogen (secondary N) is 1. The van der Waals surface area contributed by atoms with E-state index in [0.29, 0.717) is 31.4 Å². The average molecular weight is 443 g/mol. The minimum atomic E-state index is -5.04. The highest BCUT2D eigenvalue weighted by Gasteiger charge is 2.51. The number of fused-ring (bicyclic) bond motifs is 2. The lowest BCUT2D eigenvalue weighted by Gasteiger charge is -2.41. The predicted octanol–water partition coefficient (Wildman–Crippen LogP) is 5.69. The standard InChI is InChI=1S/C22H19F6NO2/c23-21(24,25)15-10-13(11-16(12-15)22(26,27)28)19(30)31-18-7-6-17-8-9-20(18,29-17)14-4-2-1-3-5-14/h1-5,10-12,17-18,29H,6-9H2. The van der Waals surface area contributed by atoms with Gasteiger partial charge in [0.05, 0.1) is 22.2 Å². The van der Waals surface area contributed by atoms with E-state index in [-0.39, 0.29) is 12.1 Å². The van der Waals surface area contributed by atoms with Crippen molar-refractivity contribution in [2.24, 2.45) is 0 Å². The van der Waals surface area contributed by atoms with E-state index in [1.165, 1.54) is 0 Å². The average Bonchev–Trinajstić information content (AvgIpc) is 3.08. The molecule has 9 heteroatoms. The maximum atomic E-state index is 13.1. The second-order valence-electron chi connectivity index (χ2n) is 7.98. The number of halogens is 6. The van der Waals surface area contributed by atoms with E-state index in [0.717, 1.165) is 12.0 Å². The molecule has 2 aromatic rings. The van der Waals surface area contributed by atoms with Gasteiger partial charge >= 0.3 is 18.3 Å². The highest BCUT2D eigenvalue weighted by atomic mass is 19.4. The van der Waals surface area contributed by atoms with E-state index in [1.807, 2.05) is 30.3 Å². The Balaban J connectivity index is 1.67. The first kappa shape index (κ1) is 21.7. The first-order chi connectivity index (χ1) is 14.5. The maximum Gasteiger partial charge on any atom is 0.416 e. The molecule has 1 N–H and O–H groups in total. The summed E-state index contributed by atoms with van der Waals surface area (Å²) < 4.78 is 84.4. The van der Waals surface area contributed by atoms with Gasteiger partial charge in [-0.25, -0.2) is 4.79 Å². The Hall–Kier alpha value is -2.55. The molecule has 2 bridgehead atoms. The first-order valence-electron chi connectivity index (χ1n) is 9.83. The highest BCUT2D eigenvalue weighted by molar-refractivity contribution is 5.90. The molecule has 0 aliphatic carbocycles. The molecule has 2 heterocycles. The van der Waals surface area contributed by atoms with Crippen molar-refractivity contribution >= 4 is 5.97 Å². The monoisotopic (exact) mass is 443 g/mol. The molecule has 2 aliphatic heterocycles. The Bertz CT molecular complexity index is 940. The lowest BCUT2D eigenvalue weighted by atomic mass is 9.80. The lowest BCUT2D eigenvalue weighted by Crippen LogP contribution is -2.54. The van der Waals surface area contributed by atoms with Crippen LogP contribution in [-0.2, 0) is 22.6 Å². The summed E-state index contributed by atoms with van der Waals surface area (Å²) in [4.78, 5) is 12.7. The van der Waals surface area contributed by atoms with Gasteiger partial charge in [0, 0.05) is 6.04 Å². The van der Waals surface area contributed by atoms with Crippen molar-refractivity contribution in [2.75, 3.05) is 0 Å². The number of piperidine rings is 1. The predicted molar refractivity (Wildman–Crippen MR) is 99.2 cm³/mol. The summed E-state index contributed by atoms with van der Waals surface area (Å²) in [5.74, 6) is -1.20. The molecule has 166 valence electrons. The number of hydrogen-bond acceptors (Lipinski definition) is 3. The van der Waals surface area contributed by atoms with Gasteiger partial charge in [-0.1, -0.05) is 30.3 Å². The Kier molecular flexibility index (Phi) is 5.28. The summed E-state index contributed by atoms with van der Waals surface area (Å²) in [7, 11) is 0. The molecule has 2 aromatic carbocycles. The maximum absolute atomic E-state index is 13.1. The van der Waals surface area contributed by atoms with Crippen molar-refractivity contribution in [1.82, 2.24) is 5.32 Å². The molecular weight excluding hydrogens is 424 g/mol. The summed E-state index contributed by atoms with van der Waals surface area (Å²) in [6, 6.07) is 10.2. The molecule has 31 heavy (non-hydrogen) atoms. The molecule has 3 nitrogen and oxygen atoms in total. The van der Waals surface area contributed by atoms with Crippen LogP contribution in [0, 0.1) is 0 Å². The fraction of sp³-hybridized carbons (Fsp3) is 0.409. The zero-order chi connectivity index (χ0) is 22.4. The van der Waals surface area contributed by atoms with Crippen LogP contribution in [0.2, 0.25) is 0 Å². The SMILES string of the molecule is O=C(OC1CCC2CCC1(c1ccccc1)N2)c1cc(C(F)(F)F)cc(C(F)(F)F)c1. The largest absolute Gasteiger partial charge is 0.456 e. The fourth-order valence-electron chi connectivity index (χ4n) is 4.56. The molecule has 3 unspecified atom stereocenters. The smallest absolute Gasteiger partial charge is 0.416 e. The van der Waals surface area contributed by atoms with Gasteiger partial charge in [0.1, 0.15) is 6.10 Å². The van der Waals surface area contributed by atoms with Crippen LogP contribution in [-0.4, -0.2) is 18.1 Å². The van der Waals surface area contributed by atoms with Gasteiger partial charge in [0.2, 0.25) is 0 Å². The van der Waals surface area contributed by atoms with Gasteiger partial charge in [-0.05, 0) is 49.4 Å². The minimum Gasteiger partial charge on any atom is -0.456 e. The molecule has 2 saturated heterocycles. The number of ether oxygens (including phenoxy) is 1. The molecule has 0 radical (unpaired) electrons. The molecule has 4 rings (SSSR count). The summed E-state index contributed by atoms with van der Waals surface area (Å²) in [5.41, 5.74) is -3.71. The Morgan fingerprint density at radius 1 is 0.903 bits per heavy atom. The number of hydrogen-bond donors (Lipinski definition) is 1. The van der Waals surface area contributed by atoms with Crippen LogP contribution in [0.15, 0.2) is 48.5 Å². The lowest BCUT2D eigenvalue weighted by molar-refractivity contribution is -0.143. The fourth-order valence-corrected chi connectivity index (χ4v) is 4.56. The highest BCUT2D eigenvalue weighted by Crippen LogP contribution is 2.45. The van der Waals surface area contributed by atoms with Gasteiger partial charge in [-0.2, -0.15) is 26.3 Å². The van der Waals surface area contributed by atoms with Crippen LogP contribution >= 0.6 is 0 Å². The normalized spacial score (nSPS) is 26.0. The topological polar surface area (TPSA) is 38.3 Å². The molecule has 2 fully saturated rings. The van der Waals surface area contributed by atoms with Gasteiger partial charge in [-0.3, -0.25) is 0 Å². The van der Waals surface area contributed by atoms with Crippen LogP contribution < -0.4 is 5.32 Å². The zero-order valence-electron chi connectivity index (χ0n) is 16.2. The number of carbonyl (C=O) groups is 1. The molecule has 3 atom stereocenters. The van der Waals surface area contributed by atoms with Crippen LogP contribution in [0.1, 0.15) is 52.7 Å². The third-order valence-corrected chi connectivity index (χ3v) is 6.04. The summed E-state index contributed by atoms with van der Waals surface area (Å²) in [5, 5.41) is 3.46. The second-order valence-corrected chi connectivity index (χ2v) is 7.98. The van der Waals surface area contributed by atoms with E-state index in [4.69, 9.17) is 4.74 Å². The number of benzene rings is 2. The third kappa shape index (κ3) is 4.15. The van der Waals surface area contributed by atoms with E-state index in [1.54, 1.807) is 0 Å². The van der Waals surface area contributed by atoms with Gasteiger partial charge < -0.3 is 10.1 Å². The van der Waals surface area contributed by atoms with Gasteiger partial charge in [0.15, 0.2) is 0 Å². The Morgan fingerprint density at radius 2 is 1.52 bits per heavy atom. The summed E-state index contributed by atoms with van der Waals surface area (Å²) in [6.07, 6.45) is -8.14. The quantitative estimate of drug-likeness (QED) is 0.489. The van der Waals surface area contributed by atoms with Crippen molar-refractivity contribution < 1.29 is 35.9 Å². The molecule has 0 spiro atoms. The number of esters is 1. The van der Waals surface area contributed by atoms with E-state index in [9.17, 15) is 31.1 Å². The Morgan fingerprint density at radius 3 is 2.10 bits per heavy atom. The van der Waals surface area contributed by atoms with Crippen molar-refractivity contribution in [3.63, 3.8) is 0 Å². The Labute approximate surface area is 174 Å². The minimum absolute atomic E-state index is 0.00796. The van der Waals surface area contributed by atoms with Crippen LogP contribution in [0.25, 0.3) is 0 Å². The van der Waals surface area contributed by atoms with Crippen molar-refractivity contribution in [1.29, 1.82) is 0 Å². The number of carbonyl (C=O) groups excluding carboxylic acids is 1. The van der Waals surface area contributed by atoms with E-state index >= 15 is 0 Å².